The zero-order valence-corrected chi connectivity index (χ0v) is 24.7. The van der Waals surface area contributed by atoms with Crippen molar-refractivity contribution in [1.82, 2.24) is 19.9 Å². The lowest BCUT2D eigenvalue weighted by Gasteiger charge is -2.34. The van der Waals surface area contributed by atoms with Crippen LogP contribution >= 0.6 is 23.2 Å². The number of carbonyl (C=O) groups is 2. The normalized spacial score (nSPS) is 15.4. The number of H-pyrrole nitrogens is 1. The Morgan fingerprint density at radius 3 is 2.46 bits per heavy atom. The van der Waals surface area contributed by atoms with Crippen molar-refractivity contribution >= 4 is 55.9 Å². The molecule has 0 saturated carbocycles. The lowest BCUT2D eigenvalue weighted by Crippen LogP contribution is -2.46. The van der Waals surface area contributed by atoms with E-state index in [4.69, 9.17) is 32.7 Å². The molecule has 3 aromatic rings. The number of carbonyl (C=O) groups excluding carboxylic acids is 2. The van der Waals surface area contributed by atoms with E-state index in [-0.39, 0.29) is 38.9 Å². The fourth-order valence-corrected chi connectivity index (χ4v) is 6.32. The lowest BCUT2D eigenvalue weighted by molar-refractivity contribution is -0.147. The first kappa shape index (κ1) is 30.8. The summed E-state index contributed by atoms with van der Waals surface area (Å²) in [6, 6.07) is 9.77. The number of piperidine rings is 1. The molecule has 41 heavy (non-hydrogen) atoms. The minimum atomic E-state index is -3.92. The van der Waals surface area contributed by atoms with Crippen molar-refractivity contribution in [2.75, 3.05) is 33.2 Å². The maximum absolute atomic E-state index is 13.0. The fraction of sp³-hybridized carbons (Fsp3) is 0.370. The number of benzene rings is 2. The van der Waals surface area contributed by atoms with E-state index in [1.165, 1.54) is 32.3 Å². The maximum atomic E-state index is 13.0. The number of rotatable bonds is 10. The van der Waals surface area contributed by atoms with E-state index in [0.29, 0.717) is 48.8 Å². The van der Waals surface area contributed by atoms with Gasteiger partial charge in [-0.25, -0.2) is 13.1 Å². The summed E-state index contributed by atoms with van der Waals surface area (Å²) in [6.07, 6.45) is 1.61. The number of nitrogens with one attached hydrogen (secondary N) is 3. The number of hydrogen-bond donors (Lipinski definition) is 3. The first-order valence-electron chi connectivity index (χ1n) is 12.9. The molecule has 1 aliphatic rings. The molecule has 11 nitrogen and oxygen atoms in total. The summed E-state index contributed by atoms with van der Waals surface area (Å²) in [7, 11) is -2.64. The highest BCUT2D eigenvalue weighted by Gasteiger charge is 2.29. The summed E-state index contributed by atoms with van der Waals surface area (Å²) >= 11 is 12.2. The van der Waals surface area contributed by atoms with Gasteiger partial charge in [-0.15, -0.1) is 0 Å². The Balaban J connectivity index is 1.37. The Hall–Kier alpha value is -3.16. The second-order valence-corrected chi connectivity index (χ2v) is 12.1. The topological polar surface area (TPSA) is 147 Å². The summed E-state index contributed by atoms with van der Waals surface area (Å²) in [4.78, 5) is 41.3. The average molecular weight is 626 g/mol. The molecule has 0 unspecified atom stereocenters. The Labute approximate surface area is 247 Å². The monoisotopic (exact) mass is 624 g/mol. The van der Waals surface area contributed by atoms with Gasteiger partial charge in [0.15, 0.2) is 0 Å². The average Bonchev–Trinajstić information content (AvgIpc) is 2.94. The van der Waals surface area contributed by atoms with Crippen LogP contribution in [0.3, 0.4) is 0 Å². The highest BCUT2D eigenvalue weighted by molar-refractivity contribution is 7.89. The zero-order valence-electron chi connectivity index (χ0n) is 22.4. The number of likely N-dealkylation sites (tertiary alicyclic amines) is 1. The number of aromatic amines is 1. The Bertz CT molecular complexity index is 1600. The molecular weight excluding hydrogens is 595 g/mol. The molecule has 4 rings (SSSR count). The van der Waals surface area contributed by atoms with Crippen LogP contribution in [0.15, 0.2) is 52.3 Å². The second kappa shape index (κ2) is 13.2. The van der Waals surface area contributed by atoms with Gasteiger partial charge in [-0.2, -0.15) is 0 Å². The number of sulfonamides is 1. The van der Waals surface area contributed by atoms with E-state index in [1.54, 1.807) is 24.3 Å². The van der Waals surface area contributed by atoms with Crippen LogP contribution in [0.4, 0.5) is 0 Å². The van der Waals surface area contributed by atoms with E-state index in [0.717, 1.165) is 0 Å². The first-order chi connectivity index (χ1) is 19.5. The summed E-state index contributed by atoms with van der Waals surface area (Å²) < 4.78 is 38.9. The quantitative estimate of drug-likeness (QED) is 0.292. The van der Waals surface area contributed by atoms with Crippen LogP contribution in [0.2, 0.25) is 10.0 Å². The van der Waals surface area contributed by atoms with Gasteiger partial charge < -0.3 is 19.8 Å². The standard InChI is InChI=1S/C27H30Cl2N4O7S/c1-16(34)39-18(13-31-27(36)21-14-32-26(35)20-6-4-3-5-19(20)21)15-33-11-9-17(10-12-33)40-23-8-7-22(28)24(29)25(23)41(37,38)30-2/h3-8,14,17-18,30H,9-13,15H2,1-2H3,(H,31,36)(H,32,35)/t18-/m1/s1. The largest absolute Gasteiger partial charge is 0.489 e. The van der Waals surface area contributed by atoms with E-state index in [9.17, 15) is 22.8 Å². The molecule has 2 heterocycles. The van der Waals surface area contributed by atoms with Gasteiger partial charge in [0.25, 0.3) is 11.5 Å². The Morgan fingerprint density at radius 2 is 1.80 bits per heavy atom. The van der Waals surface area contributed by atoms with Crippen LogP contribution in [0.5, 0.6) is 5.75 Å². The molecule has 1 fully saturated rings. The molecule has 0 aliphatic carbocycles. The smallest absolute Gasteiger partial charge is 0.303 e. The number of pyridine rings is 1. The van der Waals surface area contributed by atoms with E-state index in [2.05, 4.69) is 19.9 Å². The van der Waals surface area contributed by atoms with Gasteiger partial charge in [0, 0.05) is 43.5 Å². The van der Waals surface area contributed by atoms with Gasteiger partial charge in [-0.05, 0) is 38.1 Å². The van der Waals surface area contributed by atoms with Crippen molar-refractivity contribution < 1.29 is 27.5 Å². The molecule has 1 saturated heterocycles. The van der Waals surface area contributed by atoms with Crippen LogP contribution in [0.25, 0.3) is 10.8 Å². The van der Waals surface area contributed by atoms with Crippen LogP contribution in [0.1, 0.15) is 30.1 Å². The highest BCUT2D eigenvalue weighted by Crippen LogP contribution is 2.37. The van der Waals surface area contributed by atoms with Gasteiger partial charge in [-0.3, -0.25) is 19.3 Å². The maximum Gasteiger partial charge on any atom is 0.303 e. The van der Waals surface area contributed by atoms with E-state index >= 15 is 0 Å². The predicted octanol–water partition coefficient (Wildman–Crippen LogP) is 2.95. The van der Waals surface area contributed by atoms with E-state index < -0.39 is 28.0 Å². The molecule has 0 bridgehead atoms. The number of hydrogen-bond acceptors (Lipinski definition) is 8. The van der Waals surface area contributed by atoms with Crippen LogP contribution in [-0.4, -0.2) is 75.6 Å². The van der Waals surface area contributed by atoms with Crippen LogP contribution < -0.4 is 20.3 Å². The molecule has 1 aliphatic heterocycles. The van der Waals surface area contributed by atoms with Crippen molar-refractivity contribution in [2.24, 2.45) is 0 Å². The highest BCUT2D eigenvalue weighted by atomic mass is 35.5. The zero-order chi connectivity index (χ0) is 29.7. The number of nitrogens with zero attached hydrogens (tertiary/aromatic N) is 1. The second-order valence-electron chi connectivity index (χ2n) is 9.53. The summed E-state index contributed by atoms with van der Waals surface area (Å²) in [6.45, 7) is 2.90. The van der Waals surface area contributed by atoms with Crippen molar-refractivity contribution in [1.29, 1.82) is 0 Å². The van der Waals surface area contributed by atoms with Crippen LogP contribution in [-0.2, 0) is 19.6 Å². The number of amides is 1. The van der Waals surface area contributed by atoms with Crippen molar-refractivity contribution in [3.05, 3.63) is 68.6 Å². The summed E-state index contributed by atoms with van der Waals surface area (Å²) in [5.74, 6) is -0.770. The SMILES string of the molecule is CNS(=O)(=O)c1c(OC2CCN(C[C@@H](CNC(=O)c3c[nH]c(=O)c4ccccc34)OC(C)=O)CC2)ccc(Cl)c1Cl. The van der Waals surface area contributed by atoms with Crippen LogP contribution in [0, 0.1) is 0 Å². The number of halogens is 2. The number of aromatic nitrogens is 1. The predicted molar refractivity (Wildman–Crippen MR) is 155 cm³/mol. The molecule has 0 radical (unpaired) electrons. The third-order valence-electron chi connectivity index (χ3n) is 6.72. The number of esters is 1. The van der Waals surface area contributed by atoms with Crippen molar-refractivity contribution in [3.63, 3.8) is 0 Å². The molecule has 1 atom stereocenters. The molecule has 1 amide bonds. The molecule has 220 valence electrons. The molecule has 14 heteroatoms. The minimum Gasteiger partial charge on any atom is -0.489 e. The lowest BCUT2D eigenvalue weighted by atomic mass is 10.1. The molecule has 2 aromatic carbocycles. The van der Waals surface area contributed by atoms with Gasteiger partial charge in [0.05, 0.1) is 22.2 Å². The number of fused-ring (bicyclic) bond motifs is 1. The van der Waals surface area contributed by atoms with Gasteiger partial charge in [-0.1, -0.05) is 41.4 Å². The Kier molecular flexibility index (Phi) is 9.92. The minimum absolute atomic E-state index is 0.0663. The third kappa shape index (κ3) is 7.38. The fourth-order valence-electron chi connectivity index (χ4n) is 4.71. The molecule has 1 aromatic heterocycles. The molecule has 3 N–H and O–H groups in total. The molecule has 0 spiro atoms. The number of ether oxygens (including phenoxy) is 2. The summed E-state index contributed by atoms with van der Waals surface area (Å²) in [5, 5.41) is 3.71. The Morgan fingerprint density at radius 1 is 1.12 bits per heavy atom. The van der Waals surface area contributed by atoms with Gasteiger partial charge in [0.2, 0.25) is 10.0 Å². The first-order valence-corrected chi connectivity index (χ1v) is 15.1. The van der Waals surface area contributed by atoms with Crippen molar-refractivity contribution in [3.8, 4) is 5.75 Å². The van der Waals surface area contributed by atoms with Gasteiger partial charge >= 0.3 is 5.97 Å². The van der Waals surface area contributed by atoms with Gasteiger partial charge in [0.1, 0.15) is 22.9 Å². The summed E-state index contributed by atoms with van der Waals surface area (Å²) in [5.41, 5.74) is 0.0167. The third-order valence-corrected chi connectivity index (χ3v) is 9.11. The van der Waals surface area contributed by atoms with Crippen molar-refractivity contribution in [2.45, 2.75) is 36.9 Å². The molecular formula is C27H30Cl2N4O7S. The van der Waals surface area contributed by atoms with E-state index in [1.807, 2.05) is 0 Å².